The standard InChI is InChI=1S/C13H8Br2ClFO/c14-7-8-1-4-13(11(16)5-8)18-9-2-3-12(17)10(15)6-9/h1-6H,7H2. The molecule has 0 aliphatic heterocycles. The van der Waals surface area contributed by atoms with Crippen LogP contribution in [-0.2, 0) is 5.33 Å². The predicted octanol–water partition coefficient (Wildman–Crippen LogP) is 5.93. The minimum atomic E-state index is -0.330. The van der Waals surface area contributed by atoms with E-state index < -0.39 is 0 Å². The molecule has 0 aliphatic carbocycles. The molecule has 0 saturated heterocycles. The average molecular weight is 394 g/mol. The highest BCUT2D eigenvalue weighted by Crippen LogP contribution is 2.32. The molecule has 0 aliphatic rings. The molecule has 0 saturated carbocycles. The molecule has 5 heteroatoms. The van der Waals surface area contributed by atoms with E-state index in [4.69, 9.17) is 16.3 Å². The summed E-state index contributed by atoms with van der Waals surface area (Å²) in [5, 5.41) is 1.25. The Balaban J connectivity index is 2.25. The maximum atomic E-state index is 13.1. The number of halogens is 4. The number of benzene rings is 2. The van der Waals surface area contributed by atoms with Crippen LogP contribution < -0.4 is 4.74 Å². The van der Waals surface area contributed by atoms with E-state index in [0.29, 0.717) is 21.0 Å². The SMILES string of the molecule is Fc1ccc(Oc2ccc(CBr)cc2Cl)cc1Br. The lowest BCUT2D eigenvalue weighted by Gasteiger charge is -2.09. The lowest BCUT2D eigenvalue weighted by molar-refractivity contribution is 0.480. The van der Waals surface area contributed by atoms with Crippen molar-refractivity contribution < 1.29 is 9.13 Å². The molecule has 0 bridgehead atoms. The molecule has 0 spiro atoms. The molecule has 0 heterocycles. The van der Waals surface area contributed by atoms with Gasteiger partial charge in [0.15, 0.2) is 0 Å². The van der Waals surface area contributed by atoms with Gasteiger partial charge in [-0.25, -0.2) is 4.39 Å². The van der Waals surface area contributed by atoms with Crippen LogP contribution in [-0.4, -0.2) is 0 Å². The number of rotatable bonds is 3. The molecule has 0 atom stereocenters. The number of alkyl halides is 1. The summed E-state index contributed by atoms with van der Waals surface area (Å²) in [5.74, 6) is 0.736. The normalized spacial score (nSPS) is 10.4. The largest absolute Gasteiger partial charge is 0.456 e. The zero-order chi connectivity index (χ0) is 13.1. The van der Waals surface area contributed by atoms with E-state index in [1.165, 1.54) is 6.07 Å². The van der Waals surface area contributed by atoms with Crippen molar-refractivity contribution in [3.63, 3.8) is 0 Å². The van der Waals surface area contributed by atoms with E-state index in [9.17, 15) is 4.39 Å². The summed E-state index contributed by atoms with van der Waals surface area (Å²) in [6.07, 6.45) is 0. The van der Waals surface area contributed by atoms with Crippen molar-refractivity contribution in [2.24, 2.45) is 0 Å². The van der Waals surface area contributed by atoms with Gasteiger partial charge in [-0.05, 0) is 51.8 Å². The highest BCUT2D eigenvalue weighted by molar-refractivity contribution is 9.10. The second-order valence-electron chi connectivity index (χ2n) is 3.58. The van der Waals surface area contributed by atoms with Crippen LogP contribution >= 0.6 is 43.5 Å². The maximum absolute atomic E-state index is 13.1. The molecular formula is C13H8Br2ClFO. The molecule has 0 amide bonds. The van der Waals surface area contributed by atoms with Crippen LogP contribution in [0.5, 0.6) is 11.5 Å². The van der Waals surface area contributed by atoms with Crippen LogP contribution in [0.1, 0.15) is 5.56 Å². The summed E-state index contributed by atoms with van der Waals surface area (Å²) >= 11 is 12.6. The smallest absolute Gasteiger partial charge is 0.146 e. The van der Waals surface area contributed by atoms with Crippen LogP contribution in [0.4, 0.5) is 4.39 Å². The van der Waals surface area contributed by atoms with Crippen molar-refractivity contribution in [1.82, 2.24) is 0 Å². The fourth-order valence-electron chi connectivity index (χ4n) is 1.38. The molecule has 0 unspecified atom stereocenters. The van der Waals surface area contributed by atoms with E-state index >= 15 is 0 Å². The first-order valence-corrected chi connectivity index (χ1v) is 7.36. The predicted molar refractivity (Wildman–Crippen MR) is 78.3 cm³/mol. The average Bonchev–Trinajstić information content (AvgIpc) is 2.36. The van der Waals surface area contributed by atoms with E-state index in [1.807, 2.05) is 12.1 Å². The van der Waals surface area contributed by atoms with Gasteiger partial charge in [-0.3, -0.25) is 0 Å². The monoisotopic (exact) mass is 392 g/mol. The zero-order valence-corrected chi connectivity index (χ0v) is 13.0. The van der Waals surface area contributed by atoms with Crippen molar-refractivity contribution in [3.8, 4) is 11.5 Å². The summed E-state index contributed by atoms with van der Waals surface area (Å²) < 4.78 is 19.0. The molecule has 1 nitrogen and oxygen atoms in total. The third kappa shape index (κ3) is 3.25. The molecule has 0 aromatic heterocycles. The third-order valence-corrected chi connectivity index (χ3v) is 3.82. The van der Waals surface area contributed by atoms with E-state index in [2.05, 4.69) is 31.9 Å². The topological polar surface area (TPSA) is 9.23 Å². The molecule has 0 N–H and O–H groups in total. The first-order chi connectivity index (χ1) is 8.60. The fourth-order valence-corrected chi connectivity index (χ4v) is 2.33. The Hall–Kier alpha value is -0.580. The Morgan fingerprint density at radius 3 is 2.56 bits per heavy atom. The van der Waals surface area contributed by atoms with Gasteiger partial charge >= 0.3 is 0 Å². The van der Waals surface area contributed by atoms with Crippen molar-refractivity contribution >= 4 is 43.5 Å². The van der Waals surface area contributed by atoms with Gasteiger partial charge in [0, 0.05) is 5.33 Å². The second-order valence-corrected chi connectivity index (χ2v) is 5.40. The first-order valence-electron chi connectivity index (χ1n) is 5.07. The van der Waals surface area contributed by atoms with E-state index in [-0.39, 0.29) is 5.82 Å². The van der Waals surface area contributed by atoms with Gasteiger partial charge in [-0.2, -0.15) is 0 Å². The van der Waals surface area contributed by atoms with Crippen molar-refractivity contribution in [1.29, 1.82) is 0 Å². The minimum absolute atomic E-state index is 0.330. The van der Waals surface area contributed by atoms with Crippen LogP contribution in [0.2, 0.25) is 5.02 Å². The number of hydrogen-bond donors (Lipinski definition) is 0. The quantitative estimate of drug-likeness (QED) is 0.587. The van der Waals surface area contributed by atoms with Crippen LogP contribution in [0.25, 0.3) is 0 Å². The summed E-state index contributed by atoms with van der Waals surface area (Å²) in [6, 6.07) is 9.97. The molecule has 2 aromatic rings. The Kier molecular flexibility index (Phi) is 4.65. The van der Waals surface area contributed by atoms with Crippen molar-refractivity contribution in [2.75, 3.05) is 0 Å². The summed E-state index contributed by atoms with van der Waals surface area (Å²) in [5.41, 5.74) is 1.06. The van der Waals surface area contributed by atoms with E-state index in [0.717, 1.165) is 10.9 Å². The van der Waals surface area contributed by atoms with Crippen molar-refractivity contribution in [2.45, 2.75) is 5.33 Å². The lowest BCUT2D eigenvalue weighted by Crippen LogP contribution is -1.88. The van der Waals surface area contributed by atoms with Gasteiger partial charge < -0.3 is 4.74 Å². The third-order valence-electron chi connectivity index (χ3n) is 2.27. The summed E-state index contributed by atoms with van der Waals surface area (Å²) in [7, 11) is 0. The lowest BCUT2D eigenvalue weighted by atomic mass is 10.2. The fraction of sp³-hybridized carbons (Fsp3) is 0.0769. The Bertz CT molecular complexity index is 575. The molecule has 0 fully saturated rings. The first kappa shape index (κ1) is 13.8. The highest BCUT2D eigenvalue weighted by atomic mass is 79.9. The van der Waals surface area contributed by atoms with Crippen LogP contribution in [0.15, 0.2) is 40.9 Å². The highest BCUT2D eigenvalue weighted by Gasteiger charge is 2.06. The van der Waals surface area contributed by atoms with Gasteiger partial charge in [-0.1, -0.05) is 33.6 Å². The summed E-state index contributed by atoms with van der Waals surface area (Å²) in [4.78, 5) is 0. The molecule has 18 heavy (non-hydrogen) atoms. The number of hydrogen-bond acceptors (Lipinski definition) is 1. The van der Waals surface area contributed by atoms with Gasteiger partial charge in [0.2, 0.25) is 0 Å². The molecule has 2 rings (SSSR count). The van der Waals surface area contributed by atoms with Crippen LogP contribution in [0.3, 0.4) is 0 Å². The van der Waals surface area contributed by atoms with Crippen molar-refractivity contribution in [3.05, 3.63) is 57.3 Å². The van der Waals surface area contributed by atoms with Gasteiger partial charge in [0.25, 0.3) is 0 Å². The maximum Gasteiger partial charge on any atom is 0.146 e. The van der Waals surface area contributed by atoms with Crippen LogP contribution in [0, 0.1) is 5.82 Å². The Morgan fingerprint density at radius 1 is 1.17 bits per heavy atom. The Labute approximate surface area is 126 Å². The van der Waals surface area contributed by atoms with Gasteiger partial charge in [0.1, 0.15) is 17.3 Å². The zero-order valence-electron chi connectivity index (χ0n) is 9.09. The molecule has 2 aromatic carbocycles. The minimum Gasteiger partial charge on any atom is -0.456 e. The van der Waals surface area contributed by atoms with Gasteiger partial charge in [0.05, 0.1) is 9.50 Å². The molecular weight excluding hydrogens is 386 g/mol. The summed E-state index contributed by atoms with van der Waals surface area (Å²) in [6.45, 7) is 0. The Morgan fingerprint density at radius 2 is 1.94 bits per heavy atom. The van der Waals surface area contributed by atoms with E-state index in [1.54, 1.807) is 18.2 Å². The van der Waals surface area contributed by atoms with Gasteiger partial charge in [-0.15, -0.1) is 0 Å². The second kappa shape index (κ2) is 6.04. The number of ether oxygens (including phenoxy) is 1. The molecule has 0 radical (unpaired) electrons. The molecule has 94 valence electrons.